The number of carbonyl (C=O) groups excluding carboxylic acids is 1. The van der Waals surface area contributed by atoms with Crippen molar-refractivity contribution in [1.29, 1.82) is 0 Å². The van der Waals surface area contributed by atoms with Gasteiger partial charge in [0, 0.05) is 13.6 Å². The topological polar surface area (TPSA) is 51.7 Å². The first-order valence-corrected chi connectivity index (χ1v) is 7.68. The van der Waals surface area contributed by atoms with Gasteiger partial charge in [0.05, 0.1) is 23.5 Å². The molecule has 6 heteroatoms. The predicted molar refractivity (Wildman–Crippen MR) is 85.7 cm³/mol. The monoisotopic (exact) mass is 308 g/mol. The first-order valence-electron chi connectivity index (χ1n) is 6.87. The summed E-state index contributed by atoms with van der Waals surface area (Å²) < 4.78 is 11.5. The van der Waals surface area contributed by atoms with Crippen LogP contribution in [0.1, 0.15) is 31.1 Å². The Bertz CT molecular complexity index is 652. The molecule has 0 fully saturated rings. The van der Waals surface area contributed by atoms with Gasteiger partial charge in [-0.3, -0.25) is 0 Å². The lowest BCUT2D eigenvalue weighted by atomic mass is 10.2. The van der Waals surface area contributed by atoms with Gasteiger partial charge in [0.1, 0.15) is 11.3 Å². The van der Waals surface area contributed by atoms with Crippen LogP contribution < -0.4 is 9.64 Å². The Hall–Kier alpha value is -1.82. The zero-order valence-corrected chi connectivity index (χ0v) is 13.8. The molecule has 21 heavy (non-hydrogen) atoms. The first kappa shape index (κ1) is 15.6. The van der Waals surface area contributed by atoms with E-state index in [1.54, 1.807) is 23.5 Å². The van der Waals surface area contributed by atoms with Crippen LogP contribution in [0, 0.1) is 0 Å². The Morgan fingerprint density at radius 3 is 2.71 bits per heavy atom. The maximum atomic E-state index is 11.8. The fourth-order valence-electron chi connectivity index (χ4n) is 1.87. The van der Waals surface area contributed by atoms with Gasteiger partial charge in [-0.1, -0.05) is 11.3 Å². The highest BCUT2D eigenvalue weighted by molar-refractivity contribution is 7.22. The van der Waals surface area contributed by atoms with Crippen LogP contribution in [0.25, 0.3) is 10.2 Å². The molecule has 0 N–H and O–H groups in total. The minimum absolute atomic E-state index is 0.00940. The number of carbonyl (C=O) groups is 1. The Balaban J connectivity index is 2.59. The number of benzene rings is 1. The van der Waals surface area contributed by atoms with Gasteiger partial charge in [-0.2, -0.15) is 0 Å². The summed E-state index contributed by atoms with van der Waals surface area (Å²) in [4.78, 5) is 18.5. The number of ether oxygens (including phenoxy) is 2. The average Bonchev–Trinajstić information content (AvgIpc) is 2.89. The van der Waals surface area contributed by atoms with Crippen molar-refractivity contribution in [3.63, 3.8) is 0 Å². The van der Waals surface area contributed by atoms with E-state index < -0.39 is 0 Å². The van der Waals surface area contributed by atoms with Crippen molar-refractivity contribution >= 4 is 32.7 Å². The minimum atomic E-state index is -0.371. The highest BCUT2D eigenvalue weighted by atomic mass is 32.1. The van der Waals surface area contributed by atoms with Crippen molar-refractivity contribution < 1.29 is 14.3 Å². The van der Waals surface area contributed by atoms with Crippen molar-refractivity contribution in [1.82, 2.24) is 4.98 Å². The zero-order chi connectivity index (χ0) is 15.6. The second-order valence-corrected chi connectivity index (χ2v) is 6.00. The number of methoxy groups -OCH3 is 1. The molecule has 0 spiro atoms. The second kappa shape index (κ2) is 6.30. The number of thiazole rings is 1. The fourth-order valence-corrected chi connectivity index (χ4v) is 2.91. The van der Waals surface area contributed by atoms with Gasteiger partial charge in [-0.25, -0.2) is 9.78 Å². The van der Waals surface area contributed by atoms with Gasteiger partial charge >= 0.3 is 5.97 Å². The molecule has 0 unspecified atom stereocenters. The lowest BCUT2D eigenvalue weighted by molar-refractivity contribution is 0.0600. The molecule has 0 aliphatic carbocycles. The van der Waals surface area contributed by atoms with Crippen LogP contribution in [0.15, 0.2) is 12.1 Å². The summed E-state index contributed by atoms with van der Waals surface area (Å²) in [5.74, 6) is 0.249. The molecule has 0 aliphatic heterocycles. The molecule has 0 saturated carbocycles. The van der Waals surface area contributed by atoms with E-state index in [0.717, 1.165) is 21.9 Å². The third-order valence-corrected chi connectivity index (χ3v) is 4.15. The molecular formula is C15H20N2O3S. The fraction of sp³-hybridized carbons (Fsp3) is 0.467. The van der Waals surface area contributed by atoms with Crippen molar-refractivity contribution in [2.75, 3.05) is 25.6 Å². The summed E-state index contributed by atoms with van der Waals surface area (Å²) in [6.07, 6.45) is 0.00940. The molecular weight excluding hydrogens is 288 g/mol. The molecule has 0 atom stereocenters. The van der Waals surface area contributed by atoms with Gasteiger partial charge in [-0.05, 0) is 32.9 Å². The SMILES string of the molecule is CCN(C)c1nc2c(OC(C)C)cc(C(=O)OC)cc2s1. The smallest absolute Gasteiger partial charge is 0.338 e. The number of fused-ring (bicyclic) bond motifs is 1. The summed E-state index contributed by atoms with van der Waals surface area (Å²) in [5, 5.41) is 0.906. The van der Waals surface area contributed by atoms with Gasteiger partial charge < -0.3 is 14.4 Å². The molecule has 2 aromatic rings. The maximum absolute atomic E-state index is 11.8. The summed E-state index contributed by atoms with van der Waals surface area (Å²) in [5.41, 5.74) is 1.27. The molecule has 114 valence electrons. The van der Waals surface area contributed by atoms with Crippen LogP contribution in [0.5, 0.6) is 5.75 Å². The lowest BCUT2D eigenvalue weighted by Crippen LogP contribution is -2.15. The highest BCUT2D eigenvalue weighted by Crippen LogP contribution is 2.35. The molecule has 0 aliphatic rings. The molecule has 0 radical (unpaired) electrons. The van der Waals surface area contributed by atoms with Gasteiger partial charge in [0.25, 0.3) is 0 Å². The third kappa shape index (κ3) is 3.26. The maximum Gasteiger partial charge on any atom is 0.338 e. The van der Waals surface area contributed by atoms with E-state index in [0.29, 0.717) is 11.3 Å². The molecule has 0 saturated heterocycles. The molecule has 1 aromatic carbocycles. The van der Waals surface area contributed by atoms with E-state index in [-0.39, 0.29) is 12.1 Å². The molecule has 0 bridgehead atoms. The van der Waals surface area contributed by atoms with Crippen LogP contribution in [0.4, 0.5) is 5.13 Å². The third-order valence-electron chi connectivity index (χ3n) is 3.03. The Kier molecular flexibility index (Phi) is 4.67. The van der Waals surface area contributed by atoms with Crippen LogP contribution >= 0.6 is 11.3 Å². The molecule has 0 amide bonds. The number of anilines is 1. The van der Waals surface area contributed by atoms with E-state index in [4.69, 9.17) is 9.47 Å². The Morgan fingerprint density at radius 2 is 2.14 bits per heavy atom. The lowest BCUT2D eigenvalue weighted by Gasteiger charge is -2.12. The standard InChI is InChI=1S/C15H20N2O3S/c1-6-17(4)15-16-13-11(20-9(2)3)7-10(14(18)19-5)8-12(13)21-15/h7-9H,6H2,1-5H3. The molecule has 2 rings (SSSR count). The normalized spacial score (nSPS) is 11.0. The zero-order valence-electron chi connectivity index (χ0n) is 13.0. The minimum Gasteiger partial charge on any atom is -0.489 e. The van der Waals surface area contributed by atoms with E-state index in [2.05, 4.69) is 16.8 Å². The van der Waals surface area contributed by atoms with Gasteiger partial charge in [0.2, 0.25) is 0 Å². The first-order chi connectivity index (χ1) is 9.96. The summed E-state index contributed by atoms with van der Waals surface area (Å²) in [6, 6.07) is 3.50. The predicted octanol–water partition coefficient (Wildman–Crippen LogP) is 3.33. The Labute approximate surface area is 128 Å². The molecule has 5 nitrogen and oxygen atoms in total. The van der Waals surface area contributed by atoms with Gasteiger partial charge in [-0.15, -0.1) is 0 Å². The van der Waals surface area contributed by atoms with Crippen molar-refractivity contribution in [3.8, 4) is 5.75 Å². The second-order valence-electron chi connectivity index (χ2n) is 4.99. The number of hydrogen-bond acceptors (Lipinski definition) is 6. The van der Waals surface area contributed by atoms with Gasteiger partial charge in [0.15, 0.2) is 5.13 Å². The van der Waals surface area contributed by atoms with E-state index in [1.807, 2.05) is 20.9 Å². The molecule has 1 heterocycles. The Morgan fingerprint density at radius 1 is 1.43 bits per heavy atom. The number of esters is 1. The average molecular weight is 308 g/mol. The van der Waals surface area contributed by atoms with E-state index >= 15 is 0 Å². The van der Waals surface area contributed by atoms with Crippen molar-refractivity contribution in [3.05, 3.63) is 17.7 Å². The van der Waals surface area contributed by atoms with Crippen molar-refractivity contribution in [2.45, 2.75) is 26.9 Å². The van der Waals surface area contributed by atoms with E-state index in [1.165, 1.54) is 7.11 Å². The number of rotatable bonds is 5. The summed E-state index contributed by atoms with van der Waals surface area (Å²) in [6.45, 7) is 6.83. The summed E-state index contributed by atoms with van der Waals surface area (Å²) >= 11 is 1.54. The van der Waals surface area contributed by atoms with Crippen LogP contribution in [-0.4, -0.2) is 37.8 Å². The largest absolute Gasteiger partial charge is 0.489 e. The van der Waals surface area contributed by atoms with Crippen LogP contribution in [0.3, 0.4) is 0 Å². The number of nitrogens with zero attached hydrogens (tertiary/aromatic N) is 2. The quantitative estimate of drug-likeness (QED) is 0.793. The van der Waals surface area contributed by atoms with Crippen molar-refractivity contribution in [2.24, 2.45) is 0 Å². The van der Waals surface area contributed by atoms with Crippen LogP contribution in [-0.2, 0) is 4.74 Å². The highest BCUT2D eigenvalue weighted by Gasteiger charge is 2.17. The number of aromatic nitrogens is 1. The summed E-state index contributed by atoms with van der Waals surface area (Å²) in [7, 11) is 3.36. The van der Waals surface area contributed by atoms with E-state index in [9.17, 15) is 4.79 Å². The molecule has 1 aromatic heterocycles. The number of hydrogen-bond donors (Lipinski definition) is 0. The van der Waals surface area contributed by atoms with Crippen LogP contribution in [0.2, 0.25) is 0 Å².